The average molecular weight is 542 g/mol. The van der Waals surface area contributed by atoms with Crippen molar-refractivity contribution >= 4 is 46.6 Å². The largest absolute Gasteiger partial charge is 0.344 e. The molecule has 2 aromatic carbocycles. The number of urea groups is 1. The second-order valence-electron chi connectivity index (χ2n) is 8.26. The Morgan fingerprint density at radius 1 is 1.05 bits per heavy atom. The maximum Gasteiger partial charge on any atom is 0.332 e. The van der Waals surface area contributed by atoms with Gasteiger partial charge in [0, 0.05) is 24.1 Å². The highest BCUT2D eigenvalue weighted by atomic mass is 32.1. The first-order valence-corrected chi connectivity index (χ1v) is 12.2. The van der Waals surface area contributed by atoms with Gasteiger partial charge in [-0.15, -0.1) is 11.3 Å². The van der Waals surface area contributed by atoms with Gasteiger partial charge in [0.2, 0.25) is 11.7 Å². The van der Waals surface area contributed by atoms with Crippen LogP contribution >= 0.6 is 11.3 Å². The lowest BCUT2D eigenvalue weighted by atomic mass is 10.0. The minimum absolute atomic E-state index is 0.0212. The van der Waals surface area contributed by atoms with Crippen molar-refractivity contribution in [2.75, 3.05) is 18.0 Å². The number of amides is 5. The third-order valence-corrected chi connectivity index (χ3v) is 6.34. The molecule has 38 heavy (non-hydrogen) atoms. The molecule has 5 amide bonds. The summed E-state index contributed by atoms with van der Waals surface area (Å²) in [4.78, 5) is 69.0. The summed E-state index contributed by atoms with van der Waals surface area (Å²) in [6.45, 7) is -1.26. The first-order valence-electron chi connectivity index (χ1n) is 11.3. The molecule has 10 nitrogen and oxygen atoms in total. The smallest absolute Gasteiger partial charge is 0.332 e. The molecule has 3 aromatic rings. The van der Waals surface area contributed by atoms with Crippen molar-refractivity contribution in [2.45, 2.75) is 19.0 Å². The van der Waals surface area contributed by atoms with Crippen LogP contribution in [0.25, 0.3) is 0 Å². The predicted molar refractivity (Wildman–Crippen MR) is 132 cm³/mol. The summed E-state index contributed by atoms with van der Waals surface area (Å²) in [6.07, 6.45) is 1.53. The van der Waals surface area contributed by atoms with Crippen LogP contribution in [0.5, 0.6) is 0 Å². The predicted octanol–water partition coefficient (Wildman–Crippen LogP) is 1.80. The summed E-state index contributed by atoms with van der Waals surface area (Å²) in [7, 11) is 0. The molecule has 1 aromatic heterocycles. The highest BCUT2D eigenvalue weighted by Gasteiger charge is 2.39. The van der Waals surface area contributed by atoms with Crippen molar-refractivity contribution in [1.29, 1.82) is 0 Å². The number of Topliss-reactive ketones (excluding diaryl/α,β-unsaturated/α-hetero) is 1. The number of ketones is 1. The molecule has 4 rings (SSSR count). The molecule has 0 unspecified atom stereocenters. The van der Waals surface area contributed by atoms with Crippen molar-refractivity contribution in [3.05, 3.63) is 82.3 Å². The number of carbonyl (C=O) groups excluding carboxylic acids is 5. The van der Waals surface area contributed by atoms with Crippen LogP contribution in [0.3, 0.4) is 0 Å². The van der Waals surface area contributed by atoms with Crippen molar-refractivity contribution in [2.24, 2.45) is 0 Å². The second-order valence-corrected chi connectivity index (χ2v) is 9.24. The number of nitrogens with one attached hydrogen (secondary N) is 2. The number of hydrogen-bond acceptors (Lipinski definition) is 7. The topological polar surface area (TPSA) is 129 Å². The zero-order chi connectivity index (χ0) is 27.2. The van der Waals surface area contributed by atoms with E-state index in [1.807, 2.05) is 0 Å². The zero-order valence-electron chi connectivity index (χ0n) is 19.7. The average Bonchev–Trinajstić information content (AvgIpc) is 3.50. The van der Waals surface area contributed by atoms with Gasteiger partial charge in [-0.1, -0.05) is 30.3 Å². The number of nitrogens with zero attached hydrogens (tertiary/aromatic N) is 3. The van der Waals surface area contributed by atoms with Crippen LogP contribution in [0.15, 0.2) is 60.1 Å². The Morgan fingerprint density at radius 3 is 2.42 bits per heavy atom. The van der Waals surface area contributed by atoms with Crippen molar-refractivity contribution in [3.8, 4) is 0 Å². The SMILES string of the molecule is O=C(CN1C(=O)CN(c2cc(F)cc(F)c2)C1=O)N[C@H](Cc1ccccc1)C(=O)C(=O)NCc1nccs1. The van der Waals surface area contributed by atoms with Crippen molar-refractivity contribution in [3.63, 3.8) is 0 Å². The maximum absolute atomic E-state index is 13.6. The molecule has 13 heteroatoms. The number of rotatable bonds is 10. The summed E-state index contributed by atoms with van der Waals surface area (Å²) in [5, 5.41) is 7.20. The summed E-state index contributed by atoms with van der Waals surface area (Å²) in [6, 6.07) is 8.79. The number of anilines is 1. The van der Waals surface area contributed by atoms with Crippen LogP contribution in [0.1, 0.15) is 10.6 Å². The standard InChI is InChI=1S/C25H21F2N5O5S/c26-16-9-17(27)11-18(10-16)31-14-22(34)32(25(31)37)13-20(33)30-19(8-15-4-2-1-3-5-15)23(35)24(36)29-12-21-28-6-7-38-21/h1-7,9-11,19H,8,12-14H2,(H,29,36)(H,30,33)/t19-/m1/s1. The fourth-order valence-corrected chi connectivity index (χ4v) is 4.33. The molecule has 0 radical (unpaired) electrons. The molecule has 1 atom stereocenters. The molecule has 1 saturated heterocycles. The van der Waals surface area contributed by atoms with Crippen LogP contribution < -0.4 is 15.5 Å². The van der Waals surface area contributed by atoms with E-state index < -0.39 is 60.3 Å². The summed E-state index contributed by atoms with van der Waals surface area (Å²) in [5.41, 5.74) is 0.476. The normalized spacial score (nSPS) is 13.9. The molecular weight excluding hydrogens is 520 g/mol. The number of aromatic nitrogens is 1. The van der Waals surface area contributed by atoms with E-state index in [1.54, 1.807) is 41.9 Å². The third kappa shape index (κ3) is 6.42. The van der Waals surface area contributed by atoms with Crippen molar-refractivity contribution in [1.82, 2.24) is 20.5 Å². The van der Waals surface area contributed by atoms with E-state index in [0.717, 1.165) is 17.0 Å². The molecule has 0 saturated carbocycles. The Hall–Kier alpha value is -4.52. The molecule has 1 aliphatic rings. The van der Waals surface area contributed by atoms with Gasteiger partial charge in [0.1, 0.15) is 35.8 Å². The fraction of sp³-hybridized carbons (Fsp3) is 0.200. The highest BCUT2D eigenvalue weighted by molar-refractivity contribution is 7.09. The number of thiazole rings is 1. The number of imide groups is 1. The molecular formula is C25H21F2N5O5S. The Morgan fingerprint density at radius 2 is 1.76 bits per heavy atom. The Labute approximate surface area is 219 Å². The van der Waals surface area contributed by atoms with Gasteiger partial charge in [0.15, 0.2) is 0 Å². The van der Waals surface area contributed by atoms with E-state index in [0.29, 0.717) is 21.5 Å². The number of carbonyl (C=O) groups is 5. The number of benzene rings is 2. The van der Waals surface area contributed by atoms with Gasteiger partial charge in [-0.25, -0.2) is 18.6 Å². The van der Waals surface area contributed by atoms with Crippen LogP contribution in [-0.2, 0) is 32.1 Å². The lowest BCUT2D eigenvalue weighted by molar-refractivity contribution is -0.140. The summed E-state index contributed by atoms with van der Waals surface area (Å²) in [5.74, 6) is -5.38. The third-order valence-electron chi connectivity index (χ3n) is 5.56. The van der Waals surface area contributed by atoms with E-state index >= 15 is 0 Å². The highest BCUT2D eigenvalue weighted by Crippen LogP contribution is 2.23. The molecule has 0 spiro atoms. The van der Waals surface area contributed by atoms with E-state index in [9.17, 15) is 32.8 Å². The van der Waals surface area contributed by atoms with Gasteiger partial charge < -0.3 is 10.6 Å². The Kier molecular flexibility index (Phi) is 8.16. The van der Waals surface area contributed by atoms with Gasteiger partial charge in [-0.2, -0.15) is 0 Å². The molecule has 1 fully saturated rings. The van der Waals surface area contributed by atoms with Crippen LogP contribution in [0.2, 0.25) is 0 Å². The first-order chi connectivity index (χ1) is 18.2. The minimum atomic E-state index is -1.29. The lowest BCUT2D eigenvalue weighted by Crippen LogP contribution is -2.51. The van der Waals surface area contributed by atoms with Gasteiger partial charge in [-0.05, 0) is 17.7 Å². The second kappa shape index (κ2) is 11.7. The van der Waals surface area contributed by atoms with E-state index in [4.69, 9.17) is 0 Å². The summed E-state index contributed by atoms with van der Waals surface area (Å²) >= 11 is 1.29. The molecule has 2 N–H and O–H groups in total. The molecule has 2 heterocycles. The lowest BCUT2D eigenvalue weighted by Gasteiger charge is -2.20. The first kappa shape index (κ1) is 26.5. The number of halogens is 2. The van der Waals surface area contributed by atoms with Crippen LogP contribution in [-0.4, -0.2) is 58.6 Å². The number of hydrogen-bond donors (Lipinski definition) is 2. The molecule has 0 bridgehead atoms. The molecule has 196 valence electrons. The maximum atomic E-state index is 13.6. The molecule has 0 aliphatic carbocycles. The van der Waals surface area contributed by atoms with Crippen LogP contribution in [0.4, 0.5) is 19.3 Å². The van der Waals surface area contributed by atoms with Gasteiger partial charge in [-0.3, -0.25) is 29.0 Å². The van der Waals surface area contributed by atoms with Gasteiger partial charge >= 0.3 is 6.03 Å². The Bertz CT molecular complexity index is 1350. The zero-order valence-corrected chi connectivity index (χ0v) is 20.5. The van der Waals surface area contributed by atoms with Gasteiger partial charge in [0.25, 0.3) is 11.8 Å². The van der Waals surface area contributed by atoms with Gasteiger partial charge in [0.05, 0.1) is 12.2 Å². The van der Waals surface area contributed by atoms with Crippen LogP contribution in [0, 0.1) is 11.6 Å². The van der Waals surface area contributed by atoms with E-state index in [1.165, 1.54) is 11.3 Å². The molecule has 1 aliphatic heterocycles. The monoisotopic (exact) mass is 541 g/mol. The van der Waals surface area contributed by atoms with Crippen molar-refractivity contribution < 1.29 is 32.8 Å². The summed E-state index contributed by atoms with van der Waals surface area (Å²) < 4.78 is 27.2. The van der Waals surface area contributed by atoms with E-state index in [2.05, 4.69) is 15.6 Å². The minimum Gasteiger partial charge on any atom is -0.344 e. The fourth-order valence-electron chi connectivity index (χ4n) is 3.78. The van der Waals surface area contributed by atoms with E-state index in [-0.39, 0.29) is 18.7 Å². The Balaban J connectivity index is 1.44. The quantitative estimate of drug-likeness (QED) is 0.298.